The normalized spacial score (nSPS) is 15.7. The molecule has 2 aromatic rings. The van der Waals surface area contributed by atoms with E-state index in [9.17, 15) is 69.5 Å². The fraction of sp³-hybridized carbons (Fsp3) is 0.565. The predicted molar refractivity (Wildman–Crippen MR) is 322 cm³/mol. The van der Waals surface area contributed by atoms with Crippen LogP contribution >= 0.6 is 0 Å². The van der Waals surface area contributed by atoms with Crippen molar-refractivity contribution in [1.82, 2.24) is 25.8 Å². The number of ether oxygens (including phenoxy) is 11. The first kappa shape index (κ1) is 84.0. The zero-order valence-electron chi connectivity index (χ0n) is 52.4. The van der Waals surface area contributed by atoms with E-state index in [0.717, 1.165) is 9.80 Å². The maximum Gasteiger partial charge on any atom is 0.446 e. The second kappa shape index (κ2) is 45.3. The van der Waals surface area contributed by atoms with Gasteiger partial charge in [0, 0.05) is 37.1 Å². The lowest BCUT2D eigenvalue weighted by atomic mass is 10.0. The summed E-state index contributed by atoms with van der Waals surface area (Å²) in [5, 5.41) is 6.97. The number of nitrogens with one attached hydrogen (secondary N) is 3. The van der Waals surface area contributed by atoms with Gasteiger partial charge in [0.2, 0.25) is 36.2 Å². The number of fused-ring (bicyclic) bond motifs is 2. The standard InChI is InChI=1S/C31H41N3O11.C26H33N3O9.2C2HF3O.CH4/c1-31(2,3)45-30(39)32-11-13-41-15-17-43-19-21-44-20-18-42-16-14-40-12-5-7-22-6-4-8-23-26(22)29(38)34(28(23)37)24-9-10-25(35)33-27(24)36;27-8-10-35-12-14-37-16-18-38-17-15-36-13-11-34-9-2-4-19-3-1-5-20-23(19)26(33)29(25(20)32)21-6-7-22(30)28-24(21)31;2*3-2(4,5)1-6;/h4,6,8,24H,9-21H2,1-3H3,(H,32,39)(H,33,35,36);1,3,5,21H,6-18,27H2,(H,28,30,31);2*1H;1H4. The average molecular weight is 1380 g/mol. The molecule has 4 aliphatic heterocycles. The topological polar surface area (TPSA) is 358 Å². The second-order valence-electron chi connectivity index (χ2n) is 20.5. The van der Waals surface area contributed by atoms with Gasteiger partial charge in [0.05, 0.1) is 141 Å². The molecule has 2 fully saturated rings. The van der Waals surface area contributed by atoms with Crippen molar-refractivity contribution in [2.45, 2.75) is 83.9 Å². The van der Waals surface area contributed by atoms with Gasteiger partial charge >= 0.3 is 18.4 Å². The minimum Gasteiger partial charge on any atom is -0.444 e. The number of hydrogen-bond donors (Lipinski definition) is 4. The lowest BCUT2D eigenvalue weighted by molar-refractivity contribution is -0.156. The third-order valence-electron chi connectivity index (χ3n) is 12.2. The lowest BCUT2D eigenvalue weighted by Crippen LogP contribution is -2.54. The summed E-state index contributed by atoms with van der Waals surface area (Å²) < 4.78 is 122. The van der Waals surface area contributed by atoms with Crippen molar-refractivity contribution in [3.8, 4) is 23.7 Å². The molecule has 6 rings (SSSR count). The zero-order chi connectivity index (χ0) is 70.2. The largest absolute Gasteiger partial charge is 0.446 e. The molecule has 0 bridgehead atoms. The van der Waals surface area contributed by atoms with Gasteiger partial charge in [-0.15, -0.1) is 0 Å². The zero-order valence-corrected chi connectivity index (χ0v) is 52.4. The molecule has 0 aliphatic carbocycles. The van der Waals surface area contributed by atoms with Crippen LogP contribution in [0.15, 0.2) is 36.4 Å². The van der Waals surface area contributed by atoms with Gasteiger partial charge in [0.1, 0.15) is 30.9 Å². The van der Waals surface area contributed by atoms with E-state index in [1.807, 2.05) is 0 Å². The molecule has 532 valence electrons. The van der Waals surface area contributed by atoms with Crippen molar-refractivity contribution in [2.75, 3.05) is 145 Å². The summed E-state index contributed by atoms with van der Waals surface area (Å²) in [5.74, 6) is 6.91. The minimum absolute atomic E-state index is 0. The van der Waals surface area contributed by atoms with Crippen LogP contribution in [-0.4, -0.2) is 251 Å². The number of alkyl carbamates (subject to hydrolysis) is 1. The van der Waals surface area contributed by atoms with Gasteiger partial charge in [-0.05, 0) is 57.9 Å². The number of amides is 9. The molecule has 2 unspecified atom stereocenters. The Morgan fingerprint density at radius 1 is 0.521 bits per heavy atom. The molecule has 0 radical (unpaired) electrons. The van der Waals surface area contributed by atoms with E-state index in [4.69, 9.17) is 67.4 Å². The van der Waals surface area contributed by atoms with Crippen LogP contribution in [0, 0.1) is 23.7 Å². The van der Waals surface area contributed by atoms with Crippen molar-refractivity contribution in [1.29, 1.82) is 0 Å². The van der Waals surface area contributed by atoms with Crippen LogP contribution in [0.5, 0.6) is 0 Å². The third kappa shape index (κ3) is 32.5. The molecule has 4 heterocycles. The van der Waals surface area contributed by atoms with Gasteiger partial charge in [-0.1, -0.05) is 43.2 Å². The van der Waals surface area contributed by atoms with Gasteiger partial charge in [0.25, 0.3) is 23.6 Å². The molecule has 0 aromatic heterocycles. The van der Waals surface area contributed by atoms with Crippen LogP contribution in [0.3, 0.4) is 0 Å². The van der Waals surface area contributed by atoms with E-state index in [2.05, 4.69) is 39.6 Å². The number of hydrogen-bond acceptors (Lipinski definition) is 23. The maximum absolute atomic E-state index is 13.1. The first-order valence-electron chi connectivity index (χ1n) is 29.4. The Morgan fingerprint density at radius 2 is 0.833 bits per heavy atom. The number of nitrogens with zero attached hydrogens (tertiary/aromatic N) is 2. The van der Waals surface area contributed by atoms with E-state index in [1.54, 1.807) is 45.0 Å². The average Bonchev–Trinajstić information content (AvgIpc) is 1.61. The number of carbonyl (C=O) groups excluding carboxylic acids is 11. The van der Waals surface area contributed by atoms with Crippen LogP contribution in [0.1, 0.15) is 106 Å². The van der Waals surface area contributed by atoms with Crippen molar-refractivity contribution in [3.63, 3.8) is 0 Å². The van der Waals surface area contributed by atoms with Gasteiger partial charge < -0.3 is 63.2 Å². The Kier molecular flexibility index (Phi) is 39.6. The Labute approximate surface area is 549 Å². The lowest BCUT2D eigenvalue weighted by Gasteiger charge is -2.27. The first-order chi connectivity index (χ1) is 45.2. The van der Waals surface area contributed by atoms with Crippen LogP contribution in [0.25, 0.3) is 0 Å². The summed E-state index contributed by atoms with van der Waals surface area (Å²) in [6.07, 6.45) is -11.6. The van der Waals surface area contributed by atoms with Crippen molar-refractivity contribution in [2.24, 2.45) is 5.73 Å². The third-order valence-corrected chi connectivity index (χ3v) is 12.2. The molecule has 28 nitrogen and oxygen atoms in total. The number of rotatable bonds is 33. The van der Waals surface area contributed by atoms with E-state index in [-0.39, 0.29) is 68.6 Å². The smallest absolute Gasteiger partial charge is 0.444 e. The van der Waals surface area contributed by atoms with E-state index in [0.29, 0.717) is 143 Å². The minimum atomic E-state index is -4.64. The molecule has 0 spiro atoms. The molecule has 2 aromatic carbocycles. The Bertz CT molecular complexity index is 3000. The highest BCUT2D eigenvalue weighted by atomic mass is 19.4. The molecule has 0 saturated carbocycles. The molecular formula is C62H80F6N6O22. The highest BCUT2D eigenvalue weighted by Gasteiger charge is 2.47. The van der Waals surface area contributed by atoms with Gasteiger partial charge in [-0.25, -0.2) is 4.79 Å². The summed E-state index contributed by atoms with van der Waals surface area (Å²) >= 11 is 0. The molecule has 2 saturated heterocycles. The highest BCUT2D eigenvalue weighted by Crippen LogP contribution is 2.31. The summed E-state index contributed by atoms with van der Waals surface area (Å²) in [4.78, 5) is 130. The number of alkyl halides is 6. The van der Waals surface area contributed by atoms with Gasteiger partial charge in [0.15, 0.2) is 0 Å². The summed E-state index contributed by atoms with van der Waals surface area (Å²) in [7, 11) is 0. The van der Waals surface area contributed by atoms with Gasteiger partial charge in [-0.2, -0.15) is 26.3 Å². The van der Waals surface area contributed by atoms with E-state index in [1.165, 1.54) is 12.1 Å². The predicted octanol–water partition coefficient (Wildman–Crippen LogP) is 2.66. The molecule has 34 heteroatoms. The first-order valence-corrected chi connectivity index (χ1v) is 29.4. The van der Waals surface area contributed by atoms with Crippen molar-refractivity contribution < 1.29 is 131 Å². The SMILES string of the molecule is C.CC(C)(C)OC(=O)NCCOCCOCCOCCOCCOCC#Cc1cccc2c1C(=O)N(C1CCC(=O)NC1=O)C2=O.NCCOCCOCCOCCOCCOCC#Cc1cccc2c1C(=O)N(C1CCC(=O)NC1=O)C2=O.O=CC(F)(F)F.O=CC(F)(F)F. The molecule has 5 N–H and O–H groups in total. The monoisotopic (exact) mass is 1370 g/mol. The summed E-state index contributed by atoms with van der Waals surface area (Å²) in [6.45, 7) is 13.9. The number of halogens is 6. The molecule has 9 amide bonds. The van der Waals surface area contributed by atoms with Crippen LogP contribution in [0.4, 0.5) is 31.1 Å². The number of aldehydes is 2. The summed E-state index contributed by atoms with van der Waals surface area (Å²) in [5.41, 5.74) is 6.18. The number of piperidine rings is 2. The second-order valence-corrected chi connectivity index (χ2v) is 20.5. The van der Waals surface area contributed by atoms with Crippen molar-refractivity contribution in [3.05, 3.63) is 69.8 Å². The van der Waals surface area contributed by atoms with E-state index < -0.39 is 96.0 Å². The highest BCUT2D eigenvalue weighted by molar-refractivity contribution is 6.25. The van der Waals surface area contributed by atoms with Crippen LogP contribution in [0.2, 0.25) is 0 Å². The Morgan fingerprint density at radius 3 is 1.14 bits per heavy atom. The molecule has 2 atom stereocenters. The number of nitrogens with two attached hydrogens (primary N) is 1. The Balaban J connectivity index is 0.000000557. The number of benzene rings is 2. The van der Waals surface area contributed by atoms with Crippen LogP contribution < -0.4 is 21.7 Å². The molecule has 4 aliphatic rings. The number of carbonyl (C=O) groups is 11. The van der Waals surface area contributed by atoms with Crippen LogP contribution in [-0.2, 0) is 80.9 Å². The van der Waals surface area contributed by atoms with Crippen molar-refractivity contribution >= 4 is 65.9 Å². The number of imide groups is 4. The quantitative estimate of drug-likeness (QED) is 0.0262. The maximum atomic E-state index is 13.1. The molecule has 96 heavy (non-hydrogen) atoms. The molecular weight excluding hydrogens is 1290 g/mol. The van der Waals surface area contributed by atoms with Gasteiger partial charge in [-0.3, -0.25) is 68.4 Å². The van der Waals surface area contributed by atoms with E-state index >= 15 is 0 Å². The fourth-order valence-corrected chi connectivity index (χ4v) is 8.13. The Hall–Kier alpha value is -8.13. The fourth-order valence-electron chi connectivity index (χ4n) is 8.13. The summed E-state index contributed by atoms with van der Waals surface area (Å²) in [6, 6.07) is 7.50.